The Labute approximate surface area is 134 Å². The third-order valence-corrected chi connectivity index (χ3v) is 5.37. The van der Waals surface area contributed by atoms with Gasteiger partial charge in [0.2, 0.25) is 0 Å². The summed E-state index contributed by atoms with van der Waals surface area (Å²) >= 11 is 0. The zero-order chi connectivity index (χ0) is 15.3. The Hall–Kier alpha value is -0.0400. The standard InChI is InChI=1S/C20H41N/c1-18(2)17-20-15-11-10-14-19(20)13-9-7-5-3-4-6-8-12-16-21/h18-20H,3-17,21H2,1-2H3. The van der Waals surface area contributed by atoms with Crippen molar-refractivity contribution in [3.8, 4) is 0 Å². The average molecular weight is 296 g/mol. The van der Waals surface area contributed by atoms with E-state index in [4.69, 9.17) is 5.73 Å². The van der Waals surface area contributed by atoms with Crippen LogP contribution in [0, 0.1) is 17.8 Å². The van der Waals surface area contributed by atoms with Gasteiger partial charge in [-0.25, -0.2) is 0 Å². The summed E-state index contributed by atoms with van der Waals surface area (Å²) in [5.74, 6) is 3.00. The second-order valence-electron chi connectivity index (χ2n) is 7.84. The predicted octanol–water partition coefficient (Wildman–Crippen LogP) is 6.31. The number of hydrogen-bond acceptors (Lipinski definition) is 1. The van der Waals surface area contributed by atoms with E-state index >= 15 is 0 Å². The van der Waals surface area contributed by atoms with E-state index in [2.05, 4.69) is 13.8 Å². The topological polar surface area (TPSA) is 26.0 Å². The van der Waals surface area contributed by atoms with Gasteiger partial charge < -0.3 is 5.73 Å². The molecule has 1 fully saturated rings. The third kappa shape index (κ3) is 9.55. The van der Waals surface area contributed by atoms with Crippen molar-refractivity contribution in [2.75, 3.05) is 6.54 Å². The van der Waals surface area contributed by atoms with E-state index in [0.29, 0.717) is 0 Å². The molecule has 1 heteroatoms. The summed E-state index contributed by atoms with van der Waals surface area (Å²) < 4.78 is 0. The molecule has 0 aromatic heterocycles. The molecule has 0 aromatic carbocycles. The highest BCUT2D eigenvalue weighted by Crippen LogP contribution is 2.37. The second kappa shape index (κ2) is 12.5. The monoisotopic (exact) mass is 295 g/mol. The van der Waals surface area contributed by atoms with Crippen molar-refractivity contribution in [1.29, 1.82) is 0 Å². The fraction of sp³-hybridized carbons (Fsp3) is 1.00. The number of unbranched alkanes of at least 4 members (excludes halogenated alkanes) is 7. The first kappa shape index (κ1) is 19.0. The van der Waals surface area contributed by atoms with Crippen LogP contribution in [-0.2, 0) is 0 Å². The number of nitrogens with two attached hydrogens (primary N) is 1. The Morgan fingerprint density at radius 3 is 1.86 bits per heavy atom. The summed E-state index contributed by atoms with van der Waals surface area (Å²) in [7, 11) is 0. The minimum absolute atomic E-state index is 0.874. The average Bonchev–Trinajstić information content (AvgIpc) is 2.46. The van der Waals surface area contributed by atoms with E-state index in [9.17, 15) is 0 Å². The van der Waals surface area contributed by atoms with Gasteiger partial charge in [-0.2, -0.15) is 0 Å². The number of rotatable bonds is 12. The van der Waals surface area contributed by atoms with Gasteiger partial charge in [-0.15, -0.1) is 0 Å². The molecule has 2 N–H and O–H groups in total. The molecular formula is C20H41N. The predicted molar refractivity (Wildman–Crippen MR) is 95.5 cm³/mol. The van der Waals surface area contributed by atoms with Crippen LogP contribution in [-0.4, -0.2) is 6.54 Å². The molecule has 0 bridgehead atoms. The minimum Gasteiger partial charge on any atom is -0.330 e. The first-order chi connectivity index (χ1) is 10.2. The van der Waals surface area contributed by atoms with E-state index in [-0.39, 0.29) is 0 Å². The molecule has 0 saturated heterocycles. The van der Waals surface area contributed by atoms with Gasteiger partial charge in [0.25, 0.3) is 0 Å². The second-order valence-corrected chi connectivity index (χ2v) is 7.84. The Bertz CT molecular complexity index is 224. The van der Waals surface area contributed by atoms with Gasteiger partial charge in [-0.3, -0.25) is 0 Å². The largest absolute Gasteiger partial charge is 0.330 e. The Morgan fingerprint density at radius 1 is 0.762 bits per heavy atom. The van der Waals surface area contributed by atoms with Crippen molar-refractivity contribution in [2.45, 2.75) is 104 Å². The molecule has 1 aliphatic rings. The van der Waals surface area contributed by atoms with Crippen molar-refractivity contribution >= 4 is 0 Å². The van der Waals surface area contributed by atoms with E-state index in [1.54, 1.807) is 0 Å². The van der Waals surface area contributed by atoms with Crippen LogP contribution in [0.3, 0.4) is 0 Å². The van der Waals surface area contributed by atoms with Crippen LogP contribution >= 0.6 is 0 Å². The highest BCUT2D eigenvalue weighted by atomic mass is 14.5. The summed E-state index contributed by atoms with van der Waals surface area (Å²) in [6, 6.07) is 0. The SMILES string of the molecule is CC(C)CC1CCCCC1CCCCCCCCCCN. The zero-order valence-corrected chi connectivity index (χ0v) is 14.9. The van der Waals surface area contributed by atoms with Gasteiger partial charge in [0, 0.05) is 0 Å². The van der Waals surface area contributed by atoms with Crippen LogP contribution in [0.5, 0.6) is 0 Å². The molecule has 1 aliphatic carbocycles. The summed E-state index contributed by atoms with van der Waals surface area (Å²) in [4.78, 5) is 0. The van der Waals surface area contributed by atoms with E-state index in [1.807, 2.05) is 0 Å². The highest BCUT2D eigenvalue weighted by molar-refractivity contribution is 4.76. The summed E-state index contributed by atoms with van der Waals surface area (Å²) in [6.07, 6.45) is 20.3. The smallest absolute Gasteiger partial charge is 0.00773 e. The van der Waals surface area contributed by atoms with Gasteiger partial charge in [0.15, 0.2) is 0 Å². The maximum absolute atomic E-state index is 5.52. The molecule has 0 spiro atoms. The van der Waals surface area contributed by atoms with Crippen LogP contribution in [0.4, 0.5) is 0 Å². The van der Waals surface area contributed by atoms with Gasteiger partial charge in [0.05, 0.1) is 0 Å². The molecule has 0 radical (unpaired) electrons. The van der Waals surface area contributed by atoms with E-state index < -0.39 is 0 Å². The Balaban J connectivity index is 1.99. The Morgan fingerprint density at radius 2 is 1.29 bits per heavy atom. The lowest BCUT2D eigenvalue weighted by molar-refractivity contribution is 0.189. The third-order valence-electron chi connectivity index (χ3n) is 5.37. The molecule has 126 valence electrons. The molecular weight excluding hydrogens is 254 g/mol. The quantitative estimate of drug-likeness (QED) is 0.419. The lowest BCUT2D eigenvalue weighted by Crippen LogP contribution is -2.21. The summed E-state index contributed by atoms with van der Waals surface area (Å²) in [6.45, 7) is 5.67. The highest BCUT2D eigenvalue weighted by Gasteiger charge is 2.24. The van der Waals surface area contributed by atoms with Crippen LogP contribution in [0.25, 0.3) is 0 Å². The van der Waals surface area contributed by atoms with Crippen LogP contribution in [0.15, 0.2) is 0 Å². The lowest BCUT2D eigenvalue weighted by Gasteiger charge is -2.33. The fourth-order valence-electron chi connectivity index (χ4n) is 4.19. The van der Waals surface area contributed by atoms with Gasteiger partial charge in [0.1, 0.15) is 0 Å². The first-order valence-electron chi connectivity index (χ1n) is 9.94. The zero-order valence-electron chi connectivity index (χ0n) is 14.9. The lowest BCUT2D eigenvalue weighted by atomic mass is 9.73. The van der Waals surface area contributed by atoms with E-state index in [0.717, 1.165) is 24.3 Å². The van der Waals surface area contributed by atoms with Crippen molar-refractivity contribution in [1.82, 2.24) is 0 Å². The normalized spacial score (nSPS) is 22.9. The molecule has 2 unspecified atom stereocenters. The van der Waals surface area contributed by atoms with Gasteiger partial charge in [-0.05, 0) is 37.1 Å². The molecule has 2 atom stereocenters. The maximum atomic E-state index is 5.52. The molecule has 21 heavy (non-hydrogen) atoms. The van der Waals surface area contributed by atoms with Crippen LogP contribution < -0.4 is 5.73 Å². The maximum Gasteiger partial charge on any atom is -0.00773 e. The van der Waals surface area contributed by atoms with Crippen molar-refractivity contribution < 1.29 is 0 Å². The van der Waals surface area contributed by atoms with Crippen molar-refractivity contribution in [3.05, 3.63) is 0 Å². The molecule has 1 rings (SSSR count). The van der Waals surface area contributed by atoms with E-state index in [1.165, 1.54) is 89.9 Å². The van der Waals surface area contributed by atoms with Gasteiger partial charge in [-0.1, -0.05) is 90.9 Å². The molecule has 0 aromatic rings. The van der Waals surface area contributed by atoms with Crippen LogP contribution in [0.1, 0.15) is 104 Å². The minimum atomic E-state index is 0.874. The number of hydrogen-bond donors (Lipinski definition) is 1. The first-order valence-corrected chi connectivity index (χ1v) is 9.94. The molecule has 0 heterocycles. The fourth-order valence-corrected chi connectivity index (χ4v) is 4.19. The van der Waals surface area contributed by atoms with Gasteiger partial charge >= 0.3 is 0 Å². The van der Waals surface area contributed by atoms with Crippen LogP contribution in [0.2, 0.25) is 0 Å². The molecule has 1 saturated carbocycles. The molecule has 0 amide bonds. The Kier molecular flexibility index (Phi) is 11.3. The molecule has 0 aliphatic heterocycles. The summed E-state index contributed by atoms with van der Waals surface area (Å²) in [5.41, 5.74) is 5.52. The summed E-state index contributed by atoms with van der Waals surface area (Å²) in [5, 5.41) is 0. The molecule has 1 nitrogen and oxygen atoms in total. The van der Waals surface area contributed by atoms with Crippen molar-refractivity contribution in [2.24, 2.45) is 23.5 Å². The van der Waals surface area contributed by atoms with Crippen molar-refractivity contribution in [3.63, 3.8) is 0 Å².